The van der Waals surface area contributed by atoms with Crippen LogP contribution < -0.4 is 5.32 Å². The van der Waals surface area contributed by atoms with Gasteiger partial charge in [-0.15, -0.1) is 23.1 Å². The number of hydrogen-bond donors (Lipinski definition) is 1. The number of thioether (sulfide) groups is 1. The molecule has 17 heavy (non-hydrogen) atoms. The van der Waals surface area contributed by atoms with Crippen molar-refractivity contribution in [3.8, 4) is 0 Å². The van der Waals surface area contributed by atoms with Crippen LogP contribution in [0.2, 0.25) is 0 Å². The van der Waals surface area contributed by atoms with Crippen molar-refractivity contribution >= 4 is 29.0 Å². The Balaban J connectivity index is 1.54. The van der Waals surface area contributed by atoms with E-state index in [9.17, 15) is 4.79 Å². The standard InChI is InChI=1S/C13H19NOS2/c15-13(10-17-11-4-1-2-5-11)14-8-7-12-6-3-9-16-12/h3,6,9,11H,1-2,4-5,7-8,10H2,(H,14,15). The van der Waals surface area contributed by atoms with Gasteiger partial charge in [0.1, 0.15) is 0 Å². The number of hydrogen-bond acceptors (Lipinski definition) is 3. The van der Waals surface area contributed by atoms with Gasteiger partial charge in [0.15, 0.2) is 0 Å². The van der Waals surface area contributed by atoms with Gasteiger partial charge in [-0.2, -0.15) is 0 Å². The number of thiophene rings is 1. The first-order chi connectivity index (χ1) is 8.34. The molecule has 1 saturated carbocycles. The summed E-state index contributed by atoms with van der Waals surface area (Å²) < 4.78 is 0. The second-order valence-electron chi connectivity index (χ2n) is 4.40. The first kappa shape index (κ1) is 13.0. The van der Waals surface area contributed by atoms with Crippen molar-refractivity contribution in [3.63, 3.8) is 0 Å². The van der Waals surface area contributed by atoms with Gasteiger partial charge >= 0.3 is 0 Å². The van der Waals surface area contributed by atoms with Crippen LogP contribution in [-0.2, 0) is 11.2 Å². The molecule has 94 valence electrons. The molecule has 0 aliphatic heterocycles. The van der Waals surface area contributed by atoms with Gasteiger partial charge in [0.05, 0.1) is 5.75 Å². The van der Waals surface area contributed by atoms with E-state index in [0.29, 0.717) is 5.75 Å². The summed E-state index contributed by atoms with van der Waals surface area (Å²) in [6.45, 7) is 0.768. The monoisotopic (exact) mass is 269 g/mol. The number of nitrogens with one attached hydrogen (secondary N) is 1. The molecule has 1 aliphatic carbocycles. The van der Waals surface area contributed by atoms with Crippen molar-refractivity contribution in [1.82, 2.24) is 5.32 Å². The summed E-state index contributed by atoms with van der Waals surface area (Å²) in [5, 5.41) is 5.80. The molecule has 1 aromatic heterocycles. The molecule has 1 amide bonds. The quantitative estimate of drug-likeness (QED) is 0.860. The summed E-state index contributed by atoms with van der Waals surface area (Å²) >= 11 is 3.58. The second kappa shape index (κ2) is 7.07. The number of rotatable bonds is 6. The summed E-state index contributed by atoms with van der Waals surface area (Å²) in [6.07, 6.45) is 6.24. The first-order valence-electron chi connectivity index (χ1n) is 6.25. The molecule has 1 heterocycles. The van der Waals surface area contributed by atoms with Crippen LogP contribution >= 0.6 is 23.1 Å². The van der Waals surface area contributed by atoms with Crippen molar-refractivity contribution in [1.29, 1.82) is 0 Å². The van der Waals surface area contributed by atoms with Crippen LogP contribution in [0.3, 0.4) is 0 Å². The highest BCUT2D eigenvalue weighted by Gasteiger charge is 2.16. The lowest BCUT2D eigenvalue weighted by Gasteiger charge is -2.08. The second-order valence-corrected chi connectivity index (χ2v) is 6.72. The van der Waals surface area contributed by atoms with E-state index in [0.717, 1.165) is 18.2 Å². The lowest BCUT2D eigenvalue weighted by molar-refractivity contribution is -0.118. The molecule has 1 N–H and O–H groups in total. The third kappa shape index (κ3) is 4.72. The molecule has 0 aromatic carbocycles. The maximum absolute atomic E-state index is 11.6. The molecule has 1 fully saturated rings. The Bertz CT molecular complexity index is 331. The van der Waals surface area contributed by atoms with Gasteiger partial charge in [-0.25, -0.2) is 0 Å². The van der Waals surface area contributed by atoms with Crippen molar-refractivity contribution in [2.45, 2.75) is 37.4 Å². The highest BCUT2D eigenvalue weighted by Crippen LogP contribution is 2.28. The van der Waals surface area contributed by atoms with E-state index in [2.05, 4.69) is 22.8 Å². The van der Waals surface area contributed by atoms with E-state index in [-0.39, 0.29) is 5.91 Å². The fourth-order valence-corrected chi connectivity index (χ4v) is 3.94. The SMILES string of the molecule is O=C(CSC1CCCC1)NCCc1cccs1. The molecule has 0 spiro atoms. The Morgan fingerprint density at radius 2 is 2.29 bits per heavy atom. The zero-order valence-electron chi connectivity index (χ0n) is 9.98. The summed E-state index contributed by atoms with van der Waals surface area (Å²) in [5.74, 6) is 0.827. The van der Waals surface area contributed by atoms with Gasteiger partial charge < -0.3 is 5.32 Å². The van der Waals surface area contributed by atoms with Gasteiger partial charge in [-0.1, -0.05) is 18.9 Å². The van der Waals surface area contributed by atoms with Gasteiger partial charge in [0, 0.05) is 16.7 Å². The minimum Gasteiger partial charge on any atom is -0.355 e. The number of carbonyl (C=O) groups is 1. The minimum atomic E-state index is 0.193. The Labute approximate surface area is 111 Å². The lowest BCUT2D eigenvalue weighted by atomic mass is 10.3. The maximum atomic E-state index is 11.6. The molecule has 0 bridgehead atoms. The summed E-state index contributed by atoms with van der Waals surface area (Å²) in [7, 11) is 0. The topological polar surface area (TPSA) is 29.1 Å². The maximum Gasteiger partial charge on any atom is 0.230 e. The number of carbonyl (C=O) groups excluding carboxylic acids is 1. The predicted octanol–water partition coefficient (Wildman–Crippen LogP) is 3.08. The summed E-state index contributed by atoms with van der Waals surface area (Å²) in [5.41, 5.74) is 0. The zero-order valence-corrected chi connectivity index (χ0v) is 11.6. The highest BCUT2D eigenvalue weighted by molar-refractivity contribution is 8.00. The van der Waals surface area contributed by atoms with E-state index in [4.69, 9.17) is 0 Å². The molecule has 1 aliphatic rings. The minimum absolute atomic E-state index is 0.193. The molecular weight excluding hydrogens is 250 g/mol. The predicted molar refractivity (Wildman–Crippen MR) is 75.7 cm³/mol. The Hall–Kier alpha value is -0.480. The molecule has 0 unspecified atom stereocenters. The van der Waals surface area contributed by atoms with Crippen molar-refractivity contribution in [2.75, 3.05) is 12.3 Å². The van der Waals surface area contributed by atoms with Gasteiger partial charge in [-0.3, -0.25) is 4.79 Å². The average molecular weight is 269 g/mol. The lowest BCUT2D eigenvalue weighted by Crippen LogP contribution is -2.27. The molecule has 0 radical (unpaired) electrons. The Kier molecular flexibility index (Phi) is 5.39. The third-order valence-corrected chi connectivity index (χ3v) is 5.33. The van der Waals surface area contributed by atoms with E-state index in [1.165, 1.54) is 30.6 Å². The Morgan fingerprint density at radius 3 is 3.00 bits per heavy atom. The Morgan fingerprint density at radius 1 is 1.47 bits per heavy atom. The number of amides is 1. The molecule has 0 saturated heterocycles. The van der Waals surface area contributed by atoms with Crippen LogP contribution in [0.5, 0.6) is 0 Å². The molecule has 1 aromatic rings. The van der Waals surface area contributed by atoms with Gasteiger partial charge in [0.2, 0.25) is 5.91 Å². The molecular formula is C13H19NOS2. The fraction of sp³-hybridized carbons (Fsp3) is 0.615. The van der Waals surface area contributed by atoms with Crippen LogP contribution in [-0.4, -0.2) is 23.5 Å². The van der Waals surface area contributed by atoms with Crippen LogP contribution in [0.1, 0.15) is 30.6 Å². The summed E-state index contributed by atoms with van der Waals surface area (Å²) in [6, 6.07) is 4.17. The average Bonchev–Trinajstić information content (AvgIpc) is 2.99. The van der Waals surface area contributed by atoms with E-state index in [1.807, 2.05) is 11.8 Å². The van der Waals surface area contributed by atoms with Gasteiger partial charge in [0.25, 0.3) is 0 Å². The molecule has 0 atom stereocenters. The largest absolute Gasteiger partial charge is 0.355 e. The fourth-order valence-electron chi connectivity index (χ4n) is 2.08. The third-order valence-electron chi connectivity index (χ3n) is 3.03. The van der Waals surface area contributed by atoms with Crippen LogP contribution in [0, 0.1) is 0 Å². The van der Waals surface area contributed by atoms with Crippen LogP contribution in [0.4, 0.5) is 0 Å². The summed E-state index contributed by atoms with van der Waals surface area (Å²) in [4.78, 5) is 12.9. The van der Waals surface area contributed by atoms with Crippen LogP contribution in [0.15, 0.2) is 17.5 Å². The van der Waals surface area contributed by atoms with E-state index < -0.39 is 0 Å². The van der Waals surface area contributed by atoms with Gasteiger partial charge in [-0.05, 0) is 30.7 Å². The highest BCUT2D eigenvalue weighted by atomic mass is 32.2. The molecule has 2 rings (SSSR count). The van der Waals surface area contributed by atoms with E-state index in [1.54, 1.807) is 11.3 Å². The zero-order chi connectivity index (χ0) is 11.9. The van der Waals surface area contributed by atoms with Crippen molar-refractivity contribution < 1.29 is 4.79 Å². The molecule has 2 nitrogen and oxygen atoms in total. The van der Waals surface area contributed by atoms with Crippen molar-refractivity contribution in [3.05, 3.63) is 22.4 Å². The van der Waals surface area contributed by atoms with Crippen LogP contribution in [0.25, 0.3) is 0 Å². The molecule has 4 heteroatoms. The van der Waals surface area contributed by atoms with E-state index >= 15 is 0 Å². The smallest absolute Gasteiger partial charge is 0.230 e. The van der Waals surface area contributed by atoms with Crippen molar-refractivity contribution in [2.24, 2.45) is 0 Å². The normalized spacial score (nSPS) is 16.2. The first-order valence-corrected chi connectivity index (χ1v) is 8.18.